The van der Waals surface area contributed by atoms with Crippen molar-refractivity contribution in [2.75, 3.05) is 26.2 Å². The van der Waals surface area contributed by atoms with E-state index in [0.29, 0.717) is 6.54 Å². The maximum atomic E-state index is 13.4. The minimum absolute atomic E-state index is 0.0461. The number of carbonyl (C=O) groups is 4. The van der Waals surface area contributed by atoms with E-state index in [1.165, 1.54) is 23.0 Å². The Morgan fingerprint density at radius 1 is 1.28 bits per heavy atom. The molecule has 3 rings (SSSR count). The van der Waals surface area contributed by atoms with E-state index in [4.69, 9.17) is 10.5 Å². The standard InChI is InChI=1S/C22H32N4O6/c1-13(9-18(23)28)14(2)20(26-8-5-15(10-26)22(30)31)21(29)24-19-16(27)12-32-17(19)11-25-6-3-4-7-25/h5,8,10,13-14,17,19-20H,3-4,6-7,9,11-12H2,1-2H3,(H2,23,28)(H,24,29)(H,30,31). The van der Waals surface area contributed by atoms with Gasteiger partial charge in [-0.1, -0.05) is 13.8 Å². The molecule has 1 aromatic rings. The summed E-state index contributed by atoms with van der Waals surface area (Å²) in [5.41, 5.74) is 5.39. The van der Waals surface area contributed by atoms with Crippen LogP contribution in [0.2, 0.25) is 0 Å². The quantitative estimate of drug-likeness (QED) is 0.471. The molecule has 4 N–H and O–H groups in total. The number of carbonyl (C=O) groups excluding carboxylic acids is 3. The maximum Gasteiger partial charge on any atom is 0.337 e. The number of Topliss-reactive ketones (excluding diaryl/α,β-unsaturated/α-hetero) is 1. The summed E-state index contributed by atoms with van der Waals surface area (Å²) >= 11 is 0. The molecule has 2 amide bonds. The highest BCUT2D eigenvalue weighted by atomic mass is 16.5. The molecule has 0 aromatic carbocycles. The fourth-order valence-electron chi connectivity index (χ4n) is 4.55. The van der Waals surface area contributed by atoms with Crippen molar-refractivity contribution in [3.05, 3.63) is 24.0 Å². The minimum Gasteiger partial charge on any atom is -0.478 e. The zero-order valence-corrected chi connectivity index (χ0v) is 18.5. The van der Waals surface area contributed by atoms with Crippen LogP contribution in [0, 0.1) is 11.8 Å². The molecule has 10 heteroatoms. The number of hydrogen-bond donors (Lipinski definition) is 3. The number of nitrogens with two attached hydrogens (primary N) is 1. The number of carboxylic acids is 1. The predicted octanol–water partition coefficient (Wildman–Crippen LogP) is 0.424. The van der Waals surface area contributed by atoms with Crippen LogP contribution in [-0.4, -0.2) is 76.5 Å². The van der Waals surface area contributed by atoms with Gasteiger partial charge in [-0.25, -0.2) is 4.79 Å². The fraction of sp³-hybridized carbons (Fsp3) is 0.636. The van der Waals surface area contributed by atoms with Crippen LogP contribution in [0.15, 0.2) is 18.5 Å². The number of rotatable bonds is 10. The summed E-state index contributed by atoms with van der Waals surface area (Å²) in [5, 5.41) is 12.1. The highest BCUT2D eigenvalue weighted by Crippen LogP contribution is 2.29. The molecule has 0 aliphatic carbocycles. The Hall–Kier alpha value is -2.72. The van der Waals surface area contributed by atoms with Gasteiger partial charge >= 0.3 is 5.97 Å². The Labute approximate surface area is 187 Å². The average molecular weight is 449 g/mol. The maximum absolute atomic E-state index is 13.4. The van der Waals surface area contributed by atoms with Crippen LogP contribution < -0.4 is 11.1 Å². The number of ether oxygens (including phenoxy) is 1. The van der Waals surface area contributed by atoms with Gasteiger partial charge in [0.15, 0.2) is 5.78 Å². The molecule has 3 heterocycles. The molecule has 0 saturated carbocycles. The van der Waals surface area contributed by atoms with Gasteiger partial charge in [-0.2, -0.15) is 0 Å². The molecule has 5 atom stereocenters. The zero-order valence-electron chi connectivity index (χ0n) is 18.5. The van der Waals surface area contributed by atoms with Crippen molar-refractivity contribution in [3.8, 4) is 0 Å². The SMILES string of the molecule is CC(CC(N)=O)C(C)C(C(=O)NC1C(=O)COC1CN1CCCC1)n1ccc(C(=O)O)c1. The highest BCUT2D eigenvalue weighted by molar-refractivity contribution is 5.93. The number of aromatic nitrogens is 1. The molecule has 2 saturated heterocycles. The normalized spacial score (nSPS) is 24.2. The van der Waals surface area contributed by atoms with Crippen LogP contribution in [0.5, 0.6) is 0 Å². The third-order valence-electron chi connectivity index (χ3n) is 6.56. The van der Waals surface area contributed by atoms with E-state index < -0.39 is 36.0 Å². The summed E-state index contributed by atoms with van der Waals surface area (Å²) in [6.45, 7) is 6.04. The lowest BCUT2D eigenvalue weighted by atomic mass is 9.85. The first-order valence-corrected chi connectivity index (χ1v) is 11.0. The summed E-state index contributed by atoms with van der Waals surface area (Å²) < 4.78 is 7.20. The number of aromatic carboxylic acids is 1. The first-order chi connectivity index (χ1) is 15.2. The second-order valence-electron chi connectivity index (χ2n) is 8.91. The van der Waals surface area contributed by atoms with Crippen LogP contribution in [0.1, 0.15) is 49.5 Å². The van der Waals surface area contributed by atoms with Gasteiger partial charge in [0.2, 0.25) is 11.8 Å². The lowest BCUT2D eigenvalue weighted by Gasteiger charge is -2.31. The van der Waals surface area contributed by atoms with Crippen LogP contribution in [0.3, 0.4) is 0 Å². The number of primary amides is 1. The Bertz CT molecular complexity index is 862. The predicted molar refractivity (Wildman–Crippen MR) is 115 cm³/mol. The molecule has 2 fully saturated rings. The average Bonchev–Trinajstić information content (AvgIpc) is 3.46. The molecular formula is C22H32N4O6. The van der Waals surface area contributed by atoms with Crippen molar-refractivity contribution in [1.29, 1.82) is 0 Å². The Morgan fingerprint density at radius 2 is 1.97 bits per heavy atom. The summed E-state index contributed by atoms with van der Waals surface area (Å²) in [6.07, 6.45) is 4.78. The number of nitrogens with one attached hydrogen (secondary N) is 1. The molecule has 176 valence electrons. The van der Waals surface area contributed by atoms with Gasteiger partial charge < -0.3 is 30.4 Å². The van der Waals surface area contributed by atoms with Gasteiger partial charge in [-0.15, -0.1) is 0 Å². The molecule has 2 aliphatic heterocycles. The molecule has 0 radical (unpaired) electrons. The summed E-state index contributed by atoms with van der Waals surface area (Å²) in [6, 6.07) is -0.175. The molecule has 10 nitrogen and oxygen atoms in total. The second-order valence-corrected chi connectivity index (χ2v) is 8.91. The Balaban J connectivity index is 1.80. The minimum atomic E-state index is -1.11. The number of hydrogen-bond acceptors (Lipinski definition) is 6. The molecule has 2 aliphatic rings. The van der Waals surface area contributed by atoms with E-state index >= 15 is 0 Å². The van der Waals surface area contributed by atoms with E-state index in [0.717, 1.165) is 25.9 Å². The van der Waals surface area contributed by atoms with E-state index in [-0.39, 0.29) is 36.2 Å². The van der Waals surface area contributed by atoms with Crippen molar-refractivity contribution in [2.45, 2.75) is 51.3 Å². The fourth-order valence-corrected chi connectivity index (χ4v) is 4.55. The lowest BCUT2D eigenvalue weighted by Crippen LogP contribution is -2.51. The third kappa shape index (κ3) is 5.55. The van der Waals surface area contributed by atoms with Crippen molar-refractivity contribution < 1.29 is 29.0 Å². The largest absolute Gasteiger partial charge is 0.478 e. The van der Waals surface area contributed by atoms with Crippen molar-refractivity contribution in [1.82, 2.24) is 14.8 Å². The lowest BCUT2D eigenvalue weighted by molar-refractivity contribution is -0.130. The van der Waals surface area contributed by atoms with Crippen molar-refractivity contribution in [3.63, 3.8) is 0 Å². The third-order valence-corrected chi connectivity index (χ3v) is 6.56. The smallest absolute Gasteiger partial charge is 0.337 e. The monoisotopic (exact) mass is 448 g/mol. The van der Waals surface area contributed by atoms with E-state index in [9.17, 15) is 24.3 Å². The van der Waals surface area contributed by atoms with Crippen LogP contribution >= 0.6 is 0 Å². The van der Waals surface area contributed by atoms with E-state index in [2.05, 4.69) is 10.2 Å². The number of ketones is 1. The van der Waals surface area contributed by atoms with Gasteiger partial charge in [0.1, 0.15) is 18.7 Å². The number of likely N-dealkylation sites (tertiary alicyclic amines) is 1. The summed E-state index contributed by atoms with van der Waals surface area (Å²) in [5.74, 6) is -2.78. The highest BCUT2D eigenvalue weighted by Gasteiger charge is 2.41. The molecule has 32 heavy (non-hydrogen) atoms. The van der Waals surface area contributed by atoms with Gasteiger partial charge in [0, 0.05) is 25.4 Å². The van der Waals surface area contributed by atoms with Crippen molar-refractivity contribution >= 4 is 23.6 Å². The first kappa shape index (κ1) is 23.9. The van der Waals surface area contributed by atoms with Gasteiger partial charge in [-0.3, -0.25) is 14.4 Å². The number of amides is 2. The Kier molecular flexibility index (Phi) is 7.68. The van der Waals surface area contributed by atoms with Crippen molar-refractivity contribution in [2.24, 2.45) is 17.6 Å². The van der Waals surface area contributed by atoms with Crippen LogP contribution in [0.4, 0.5) is 0 Å². The van der Waals surface area contributed by atoms with E-state index in [1.807, 2.05) is 13.8 Å². The first-order valence-electron chi connectivity index (χ1n) is 11.0. The van der Waals surface area contributed by atoms with Gasteiger partial charge in [0.05, 0.1) is 11.7 Å². The molecule has 0 spiro atoms. The molecular weight excluding hydrogens is 416 g/mol. The van der Waals surface area contributed by atoms with E-state index in [1.54, 1.807) is 0 Å². The molecule has 5 unspecified atom stereocenters. The summed E-state index contributed by atoms with van der Waals surface area (Å²) in [7, 11) is 0. The zero-order chi connectivity index (χ0) is 23.4. The van der Waals surface area contributed by atoms with Crippen LogP contribution in [-0.2, 0) is 19.1 Å². The van der Waals surface area contributed by atoms with Gasteiger partial charge in [-0.05, 0) is 43.8 Å². The topological polar surface area (TPSA) is 144 Å². The van der Waals surface area contributed by atoms with Crippen LogP contribution in [0.25, 0.3) is 0 Å². The van der Waals surface area contributed by atoms with Gasteiger partial charge in [0.25, 0.3) is 0 Å². The molecule has 0 bridgehead atoms. The Morgan fingerprint density at radius 3 is 2.56 bits per heavy atom. The second kappa shape index (κ2) is 10.3. The number of nitrogens with zero attached hydrogens (tertiary/aromatic N) is 2. The summed E-state index contributed by atoms with van der Waals surface area (Å²) in [4.78, 5) is 50.9. The number of carboxylic acid groups (broad SMARTS) is 1. The molecule has 1 aromatic heterocycles.